The van der Waals surface area contributed by atoms with Crippen molar-refractivity contribution in [3.8, 4) is 0 Å². The highest BCUT2D eigenvalue weighted by molar-refractivity contribution is 7.92. The van der Waals surface area contributed by atoms with E-state index in [4.69, 9.17) is 46.4 Å². The molecule has 33 heavy (non-hydrogen) atoms. The highest BCUT2D eigenvalue weighted by atomic mass is 35.5. The molecule has 0 heterocycles. The fraction of sp³-hybridized carbons (Fsp3) is 0.333. The number of rotatable bonds is 9. The van der Waals surface area contributed by atoms with Crippen molar-refractivity contribution in [2.45, 2.75) is 26.4 Å². The molecular weight excluding hydrogens is 532 g/mol. The van der Waals surface area contributed by atoms with Crippen molar-refractivity contribution in [3.63, 3.8) is 0 Å². The molecule has 2 amide bonds. The Morgan fingerprint density at radius 2 is 1.67 bits per heavy atom. The number of sulfonamides is 1. The standard InChI is InChI=1S/C21H23Cl4N3O4S/c1-4-26-21(30)13(2)27(11-14-6-5-7-15(22)8-14)20(29)12-28(33(3,31)32)19-10-17(24)16(23)9-18(19)25/h5-10,13H,4,11-12H2,1-3H3,(H,26,30)/t13-/m0/s1. The first-order chi connectivity index (χ1) is 15.3. The highest BCUT2D eigenvalue weighted by Crippen LogP contribution is 2.35. The summed E-state index contributed by atoms with van der Waals surface area (Å²) < 4.78 is 26.0. The van der Waals surface area contributed by atoms with Crippen molar-refractivity contribution in [1.82, 2.24) is 10.2 Å². The molecule has 0 fully saturated rings. The minimum Gasteiger partial charge on any atom is -0.355 e. The van der Waals surface area contributed by atoms with E-state index in [1.165, 1.54) is 17.0 Å². The molecule has 0 bridgehead atoms. The predicted molar refractivity (Wildman–Crippen MR) is 134 cm³/mol. The average molecular weight is 555 g/mol. The van der Waals surface area contributed by atoms with Crippen LogP contribution in [0.25, 0.3) is 0 Å². The number of amides is 2. The van der Waals surface area contributed by atoms with Gasteiger partial charge in [0, 0.05) is 18.1 Å². The van der Waals surface area contributed by atoms with Crippen LogP contribution in [0.3, 0.4) is 0 Å². The Morgan fingerprint density at radius 3 is 2.24 bits per heavy atom. The third kappa shape index (κ3) is 7.39. The quantitative estimate of drug-likeness (QED) is 0.458. The number of likely N-dealkylation sites (N-methyl/N-ethyl adjacent to an activating group) is 1. The molecule has 0 spiro atoms. The summed E-state index contributed by atoms with van der Waals surface area (Å²) in [5.41, 5.74) is 0.667. The van der Waals surface area contributed by atoms with Gasteiger partial charge in [0.05, 0.1) is 27.0 Å². The van der Waals surface area contributed by atoms with Gasteiger partial charge in [-0.3, -0.25) is 13.9 Å². The van der Waals surface area contributed by atoms with E-state index in [1.54, 1.807) is 38.1 Å². The molecule has 0 aliphatic rings. The second kappa shape index (κ2) is 11.6. The van der Waals surface area contributed by atoms with E-state index in [9.17, 15) is 18.0 Å². The van der Waals surface area contributed by atoms with E-state index in [0.717, 1.165) is 10.6 Å². The molecule has 0 saturated heterocycles. The molecule has 1 atom stereocenters. The molecule has 180 valence electrons. The molecule has 0 aliphatic heterocycles. The zero-order chi connectivity index (χ0) is 24.9. The molecule has 2 rings (SSSR count). The first-order valence-electron chi connectivity index (χ1n) is 9.79. The summed E-state index contributed by atoms with van der Waals surface area (Å²) in [6.07, 6.45) is 0.938. The smallest absolute Gasteiger partial charge is 0.244 e. The van der Waals surface area contributed by atoms with Gasteiger partial charge in [-0.2, -0.15) is 0 Å². The molecule has 7 nitrogen and oxygen atoms in total. The van der Waals surface area contributed by atoms with Crippen LogP contribution in [0.4, 0.5) is 5.69 Å². The monoisotopic (exact) mass is 553 g/mol. The normalized spacial score (nSPS) is 12.2. The van der Waals surface area contributed by atoms with Crippen LogP contribution in [0, 0.1) is 0 Å². The lowest BCUT2D eigenvalue weighted by Gasteiger charge is -2.31. The number of hydrogen-bond acceptors (Lipinski definition) is 4. The van der Waals surface area contributed by atoms with E-state index in [2.05, 4.69) is 5.32 Å². The molecule has 0 unspecified atom stereocenters. The van der Waals surface area contributed by atoms with Crippen molar-refractivity contribution in [2.24, 2.45) is 0 Å². The summed E-state index contributed by atoms with van der Waals surface area (Å²) >= 11 is 24.3. The molecule has 12 heteroatoms. The summed E-state index contributed by atoms with van der Waals surface area (Å²) in [4.78, 5) is 27.2. The lowest BCUT2D eigenvalue weighted by atomic mass is 10.1. The number of benzene rings is 2. The number of hydrogen-bond donors (Lipinski definition) is 1. The predicted octanol–water partition coefficient (Wildman–Crippen LogP) is 4.62. The highest BCUT2D eigenvalue weighted by Gasteiger charge is 2.31. The van der Waals surface area contributed by atoms with Gasteiger partial charge in [0.2, 0.25) is 21.8 Å². The summed E-state index contributed by atoms with van der Waals surface area (Å²) in [5, 5.41) is 3.35. The molecule has 0 saturated carbocycles. The Kier molecular flexibility index (Phi) is 9.70. The van der Waals surface area contributed by atoms with Gasteiger partial charge >= 0.3 is 0 Å². The lowest BCUT2D eigenvalue weighted by Crippen LogP contribution is -2.51. The van der Waals surface area contributed by atoms with E-state index in [0.29, 0.717) is 17.1 Å². The van der Waals surface area contributed by atoms with E-state index < -0.39 is 28.5 Å². The van der Waals surface area contributed by atoms with Gasteiger partial charge in [-0.1, -0.05) is 58.5 Å². The van der Waals surface area contributed by atoms with Crippen LogP contribution in [0.15, 0.2) is 36.4 Å². The second-order valence-electron chi connectivity index (χ2n) is 7.21. The minimum absolute atomic E-state index is 0.000732. The Morgan fingerprint density at radius 1 is 1.03 bits per heavy atom. The number of anilines is 1. The van der Waals surface area contributed by atoms with Crippen molar-refractivity contribution in [1.29, 1.82) is 0 Å². The Bertz CT molecular complexity index is 1140. The SMILES string of the molecule is CCNC(=O)[C@H](C)N(Cc1cccc(Cl)c1)C(=O)CN(c1cc(Cl)c(Cl)cc1Cl)S(C)(=O)=O. The molecule has 0 aromatic heterocycles. The first-order valence-corrected chi connectivity index (χ1v) is 13.1. The number of halogens is 4. The summed E-state index contributed by atoms with van der Waals surface area (Å²) in [6.45, 7) is 3.11. The van der Waals surface area contributed by atoms with Gasteiger partial charge in [-0.25, -0.2) is 8.42 Å². The third-order valence-electron chi connectivity index (χ3n) is 4.70. The van der Waals surface area contributed by atoms with Crippen LogP contribution in [0.2, 0.25) is 20.1 Å². The van der Waals surface area contributed by atoms with Crippen LogP contribution in [0.5, 0.6) is 0 Å². The molecule has 2 aromatic rings. The second-order valence-corrected chi connectivity index (χ2v) is 10.8. The minimum atomic E-state index is -3.96. The first kappa shape index (κ1) is 27.5. The van der Waals surface area contributed by atoms with Crippen molar-refractivity contribution < 1.29 is 18.0 Å². The lowest BCUT2D eigenvalue weighted by molar-refractivity contribution is -0.139. The van der Waals surface area contributed by atoms with Crippen molar-refractivity contribution in [3.05, 3.63) is 62.1 Å². The Hall–Kier alpha value is -1.71. The van der Waals surface area contributed by atoms with Crippen molar-refractivity contribution in [2.75, 3.05) is 23.7 Å². The topological polar surface area (TPSA) is 86.8 Å². The van der Waals surface area contributed by atoms with E-state index in [-0.39, 0.29) is 33.2 Å². The van der Waals surface area contributed by atoms with Crippen LogP contribution >= 0.6 is 46.4 Å². The number of carbonyl (C=O) groups is 2. The maximum Gasteiger partial charge on any atom is 0.244 e. The van der Waals surface area contributed by atoms with Gasteiger partial charge < -0.3 is 10.2 Å². The molecule has 1 N–H and O–H groups in total. The third-order valence-corrected chi connectivity index (χ3v) is 7.08. The van der Waals surface area contributed by atoms with Gasteiger partial charge in [-0.05, 0) is 43.7 Å². The molecular formula is C21H23Cl4N3O4S. The van der Waals surface area contributed by atoms with Crippen molar-refractivity contribution >= 4 is 73.9 Å². The number of nitrogens with zero attached hydrogens (tertiary/aromatic N) is 2. The summed E-state index contributed by atoms with van der Waals surface area (Å²) in [6, 6.07) is 8.50. The largest absolute Gasteiger partial charge is 0.355 e. The van der Waals surface area contributed by atoms with Gasteiger partial charge in [0.15, 0.2) is 0 Å². The summed E-state index contributed by atoms with van der Waals surface area (Å²) in [5.74, 6) is -1.01. The molecule has 0 radical (unpaired) electrons. The van der Waals surface area contributed by atoms with E-state index in [1.807, 2.05) is 0 Å². The summed E-state index contributed by atoms with van der Waals surface area (Å²) in [7, 11) is -3.96. The van der Waals surface area contributed by atoms with Crippen LogP contribution in [-0.4, -0.2) is 50.5 Å². The van der Waals surface area contributed by atoms with Crippen LogP contribution in [0.1, 0.15) is 19.4 Å². The maximum atomic E-state index is 13.4. The fourth-order valence-electron chi connectivity index (χ4n) is 3.03. The van der Waals surface area contributed by atoms with Gasteiger partial charge in [0.25, 0.3) is 0 Å². The Labute approximate surface area is 213 Å². The van der Waals surface area contributed by atoms with Crippen LogP contribution in [-0.2, 0) is 26.2 Å². The zero-order valence-electron chi connectivity index (χ0n) is 18.1. The Balaban J connectivity index is 2.46. The average Bonchev–Trinajstić information content (AvgIpc) is 2.72. The van der Waals surface area contributed by atoms with Gasteiger partial charge in [0.1, 0.15) is 12.6 Å². The zero-order valence-corrected chi connectivity index (χ0v) is 22.0. The number of carbonyl (C=O) groups excluding carboxylic acids is 2. The fourth-order valence-corrected chi connectivity index (χ4v) is 4.79. The number of nitrogens with one attached hydrogen (secondary N) is 1. The molecule has 0 aliphatic carbocycles. The molecule has 2 aromatic carbocycles. The van der Waals surface area contributed by atoms with E-state index >= 15 is 0 Å². The maximum absolute atomic E-state index is 13.4. The van der Waals surface area contributed by atoms with Crippen LogP contribution < -0.4 is 9.62 Å². The van der Waals surface area contributed by atoms with Gasteiger partial charge in [-0.15, -0.1) is 0 Å².